The van der Waals surface area contributed by atoms with Crippen LogP contribution in [-0.4, -0.2) is 51.8 Å². The van der Waals surface area contributed by atoms with Gasteiger partial charge in [0.05, 0.1) is 5.71 Å². The minimum atomic E-state index is -1.18. The topological polar surface area (TPSA) is 125 Å². The van der Waals surface area contributed by atoms with Crippen LogP contribution in [0, 0.1) is 28.6 Å². The zero-order chi connectivity index (χ0) is 24.9. The van der Waals surface area contributed by atoms with Gasteiger partial charge in [-0.1, -0.05) is 24.6 Å². The Balaban J connectivity index is 1.44. The minimum Gasteiger partial charge on any atom is -0.480 e. The molecule has 188 valence electrons. The van der Waals surface area contributed by atoms with E-state index in [1.165, 1.54) is 12.5 Å². The second-order valence-electron chi connectivity index (χ2n) is 11.4. The molecule has 4 unspecified atom stereocenters. The Morgan fingerprint density at radius 2 is 1.85 bits per heavy atom. The van der Waals surface area contributed by atoms with Crippen LogP contribution in [0.25, 0.3) is 0 Å². The van der Waals surface area contributed by atoms with Crippen molar-refractivity contribution >= 4 is 23.4 Å². The standard InChI is InChI=1S/C26H38N2O6/c1-15(23(31)32)27-22(30)14-34-28-18-7-10-24(3)17(13-18)5-6-19-20(24)8-11-25(4)21(19)9-12-26(25,33)16(2)29/h13,15,19-21,33H,5-12,14H2,1-4H3,(H,27,30)(H,31,32)/t15?,19?,20?,21?,24-,25-,26-/m0/s1. The molecular weight excluding hydrogens is 436 g/mol. The summed E-state index contributed by atoms with van der Waals surface area (Å²) in [7, 11) is 0. The van der Waals surface area contributed by atoms with Crippen LogP contribution in [0.15, 0.2) is 16.8 Å². The normalized spacial score (nSPS) is 40.9. The van der Waals surface area contributed by atoms with E-state index in [9.17, 15) is 19.5 Å². The third-order valence-electron chi connectivity index (χ3n) is 9.84. The van der Waals surface area contributed by atoms with Gasteiger partial charge in [0, 0.05) is 5.41 Å². The third-order valence-corrected chi connectivity index (χ3v) is 9.84. The van der Waals surface area contributed by atoms with Crippen LogP contribution in [0.1, 0.15) is 79.1 Å². The van der Waals surface area contributed by atoms with Crippen LogP contribution in [0.4, 0.5) is 0 Å². The molecule has 7 atom stereocenters. The Labute approximate surface area is 201 Å². The third kappa shape index (κ3) is 3.88. The highest BCUT2D eigenvalue weighted by atomic mass is 16.6. The van der Waals surface area contributed by atoms with Gasteiger partial charge in [-0.25, -0.2) is 0 Å². The summed E-state index contributed by atoms with van der Waals surface area (Å²) in [6, 6.07) is -0.972. The van der Waals surface area contributed by atoms with Gasteiger partial charge >= 0.3 is 5.97 Å². The molecule has 1 amide bonds. The van der Waals surface area contributed by atoms with Crippen LogP contribution in [0.5, 0.6) is 0 Å². The fourth-order valence-electron chi connectivity index (χ4n) is 7.76. The summed E-state index contributed by atoms with van der Waals surface area (Å²) in [5.41, 5.74) is 0.768. The fourth-order valence-corrected chi connectivity index (χ4v) is 7.76. The van der Waals surface area contributed by atoms with E-state index >= 15 is 0 Å². The maximum absolute atomic E-state index is 12.4. The number of oxime groups is 1. The number of carboxylic acid groups (broad SMARTS) is 1. The monoisotopic (exact) mass is 474 g/mol. The van der Waals surface area contributed by atoms with Gasteiger partial charge in [-0.15, -0.1) is 0 Å². The van der Waals surface area contributed by atoms with Crippen molar-refractivity contribution in [1.29, 1.82) is 0 Å². The van der Waals surface area contributed by atoms with Crippen molar-refractivity contribution in [3.63, 3.8) is 0 Å². The van der Waals surface area contributed by atoms with Crippen LogP contribution in [0.3, 0.4) is 0 Å². The lowest BCUT2D eigenvalue weighted by Crippen LogP contribution is -2.57. The first-order valence-electron chi connectivity index (χ1n) is 12.6. The maximum Gasteiger partial charge on any atom is 0.325 e. The van der Waals surface area contributed by atoms with Crippen molar-refractivity contribution < 1.29 is 29.4 Å². The van der Waals surface area contributed by atoms with E-state index in [0.29, 0.717) is 24.2 Å². The summed E-state index contributed by atoms with van der Waals surface area (Å²) in [4.78, 5) is 40.3. The number of rotatable bonds is 6. The first-order chi connectivity index (χ1) is 15.9. The van der Waals surface area contributed by atoms with E-state index in [2.05, 4.69) is 30.4 Å². The molecule has 8 heteroatoms. The molecule has 0 spiro atoms. The second kappa shape index (κ2) is 8.77. The predicted octanol–water partition coefficient (Wildman–Crippen LogP) is 3.23. The number of aliphatic hydroxyl groups is 1. The molecular formula is C26H38N2O6. The molecule has 0 radical (unpaired) electrons. The number of aliphatic carboxylic acids is 1. The molecule has 0 aliphatic heterocycles. The summed E-state index contributed by atoms with van der Waals surface area (Å²) in [6.07, 6.45) is 9.29. The smallest absolute Gasteiger partial charge is 0.325 e. The highest BCUT2D eigenvalue weighted by Gasteiger charge is 2.65. The summed E-state index contributed by atoms with van der Waals surface area (Å²) in [6.45, 7) is 7.14. The number of hydrogen-bond acceptors (Lipinski definition) is 6. The van der Waals surface area contributed by atoms with Crippen LogP contribution in [-0.2, 0) is 19.2 Å². The molecule has 4 aliphatic rings. The highest BCUT2D eigenvalue weighted by molar-refractivity contribution is 5.96. The van der Waals surface area contributed by atoms with Crippen LogP contribution < -0.4 is 5.32 Å². The van der Waals surface area contributed by atoms with Crippen molar-refractivity contribution in [2.24, 2.45) is 33.7 Å². The lowest BCUT2D eigenvalue weighted by atomic mass is 9.46. The number of fused-ring (bicyclic) bond motifs is 5. The first-order valence-corrected chi connectivity index (χ1v) is 12.6. The van der Waals surface area contributed by atoms with Gasteiger partial charge in [0.2, 0.25) is 0 Å². The van der Waals surface area contributed by atoms with E-state index in [4.69, 9.17) is 9.94 Å². The molecule has 3 saturated carbocycles. The zero-order valence-electron chi connectivity index (χ0n) is 20.7. The first kappa shape index (κ1) is 24.9. The molecule has 3 N–H and O–H groups in total. The second-order valence-corrected chi connectivity index (χ2v) is 11.4. The van der Waals surface area contributed by atoms with Crippen molar-refractivity contribution in [3.05, 3.63) is 11.6 Å². The Kier molecular flexibility index (Phi) is 6.42. The minimum absolute atomic E-state index is 0.0779. The molecule has 0 heterocycles. The summed E-state index contributed by atoms with van der Waals surface area (Å²) >= 11 is 0. The number of allylic oxidation sites excluding steroid dienone is 2. The Bertz CT molecular complexity index is 944. The average molecular weight is 475 g/mol. The van der Waals surface area contributed by atoms with Crippen molar-refractivity contribution in [2.75, 3.05) is 6.61 Å². The summed E-state index contributed by atoms with van der Waals surface area (Å²) < 4.78 is 0. The number of carbonyl (C=O) groups is 3. The van der Waals surface area contributed by atoms with Gasteiger partial charge in [0.15, 0.2) is 12.4 Å². The van der Waals surface area contributed by atoms with Crippen LogP contribution in [0.2, 0.25) is 0 Å². The molecule has 0 bridgehead atoms. The fraction of sp³-hybridized carbons (Fsp3) is 0.769. The van der Waals surface area contributed by atoms with Gasteiger partial charge in [-0.3, -0.25) is 14.4 Å². The molecule has 3 fully saturated rings. The molecule has 8 nitrogen and oxygen atoms in total. The maximum atomic E-state index is 12.4. The molecule has 4 rings (SSSR count). The number of ketones is 1. The lowest BCUT2D eigenvalue weighted by Gasteiger charge is -2.59. The van der Waals surface area contributed by atoms with E-state index in [-0.39, 0.29) is 23.2 Å². The Morgan fingerprint density at radius 1 is 1.15 bits per heavy atom. The molecule has 0 aromatic rings. The predicted molar refractivity (Wildman–Crippen MR) is 126 cm³/mol. The van der Waals surface area contributed by atoms with E-state index < -0.39 is 23.5 Å². The molecule has 0 aromatic heterocycles. The number of nitrogens with one attached hydrogen (secondary N) is 1. The number of Topliss-reactive ketones (excluding diaryl/α,β-unsaturated/α-hetero) is 1. The van der Waals surface area contributed by atoms with Gasteiger partial charge in [0.25, 0.3) is 5.91 Å². The number of amides is 1. The van der Waals surface area contributed by atoms with E-state index in [1.54, 1.807) is 6.92 Å². The number of carbonyl (C=O) groups excluding carboxylic acids is 2. The van der Waals surface area contributed by atoms with Gasteiger partial charge in [0.1, 0.15) is 11.6 Å². The van der Waals surface area contributed by atoms with E-state index in [0.717, 1.165) is 50.7 Å². The Hall–Kier alpha value is -2.22. The van der Waals surface area contributed by atoms with Crippen LogP contribution >= 0.6 is 0 Å². The van der Waals surface area contributed by atoms with Gasteiger partial charge < -0.3 is 20.4 Å². The lowest BCUT2D eigenvalue weighted by molar-refractivity contribution is -0.159. The molecule has 34 heavy (non-hydrogen) atoms. The van der Waals surface area contributed by atoms with Crippen molar-refractivity contribution in [3.8, 4) is 0 Å². The quantitative estimate of drug-likeness (QED) is 0.508. The van der Waals surface area contributed by atoms with E-state index in [1.807, 2.05) is 0 Å². The molecule has 0 saturated heterocycles. The largest absolute Gasteiger partial charge is 0.480 e. The number of nitrogens with zero attached hydrogens (tertiary/aromatic N) is 1. The molecule has 0 aromatic carbocycles. The van der Waals surface area contributed by atoms with Crippen molar-refractivity contribution in [1.82, 2.24) is 5.32 Å². The number of hydrogen-bond donors (Lipinski definition) is 3. The average Bonchev–Trinajstić information content (AvgIpc) is 3.06. The van der Waals surface area contributed by atoms with Gasteiger partial charge in [-0.2, -0.15) is 0 Å². The summed E-state index contributed by atoms with van der Waals surface area (Å²) in [5, 5.41) is 26.7. The number of carboxylic acids is 1. The Morgan fingerprint density at radius 3 is 2.53 bits per heavy atom. The molecule has 4 aliphatic carbocycles. The summed E-state index contributed by atoms with van der Waals surface area (Å²) in [5.74, 6) is -0.264. The zero-order valence-corrected chi connectivity index (χ0v) is 20.7. The SMILES string of the molecule is CC(=O)[C@@]1(O)CCC2C3CCC4=CC(=NOCC(=O)NC(C)C(=O)O)CC[C@]4(C)C3CC[C@@]21C. The highest BCUT2D eigenvalue weighted by Crippen LogP contribution is 2.67. The van der Waals surface area contributed by atoms with Crippen molar-refractivity contribution in [2.45, 2.75) is 90.7 Å². The van der Waals surface area contributed by atoms with Gasteiger partial charge in [-0.05, 0) is 94.5 Å².